The summed E-state index contributed by atoms with van der Waals surface area (Å²) in [7, 11) is 1.62. The molecule has 5 heteroatoms. The second-order valence-electron chi connectivity index (χ2n) is 2.93. The molecule has 12 heavy (non-hydrogen) atoms. The fourth-order valence-electron chi connectivity index (χ4n) is 1.51. The maximum atomic E-state index is 10.4. The van der Waals surface area contributed by atoms with Crippen molar-refractivity contribution < 1.29 is 13.5 Å². The minimum absolute atomic E-state index is 0.00310. The van der Waals surface area contributed by atoms with E-state index in [2.05, 4.69) is 0 Å². The molecular weight excluding hydrogens is 178 g/mol. The standard InChI is InChI=1S/C7H15NO3S/c1-11-7-4-2-3-5-8(7)6-12(9)10/h7H,2-6H2,1H3,(H,9,10)/p-1. The van der Waals surface area contributed by atoms with Crippen molar-refractivity contribution >= 4 is 11.1 Å². The Morgan fingerprint density at radius 1 is 1.67 bits per heavy atom. The summed E-state index contributed by atoms with van der Waals surface area (Å²) in [6, 6.07) is 0. The molecule has 2 atom stereocenters. The van der Waals surface area contributed by atoms with Crippen LogP contribution in [0.3, 0.4) is 0 Å². The molecular formula is C7H14NO3S-. The highest BCUT2D eigenvalue weighted by atomic mass is 32.2. The van der Waals surface area contributed by atoms with Crippen LogP contribution in [0.5, 0.6) is 0 Å². The van der Waals surface area contributed by atoms with E-state index in [0.29, 0.717) is 0 Å². The van der Waals surface area contributed by atoms with Crippen molar-refractivity contribution in [2.75, 3.05) is 19.5 Å². The normalized spacial score (nSPS) is 28.7. The predicted molar refractivity (Wildman–Crippen MR) is 45.1 cm³/mol. The predicted octanol–water partition coefficient (Wildman–Crippen LogP) is 0.281. The Hall–Kier alpha value is 0.0300. The maximum absolute atomic E-state index is 10.4. The summed E-state index contributed by atoms with van der Waals surface area (Å²) in [6.45, 7) is 0.826. The number of hydrogen-bond acceptors (Lipinski definition) is 4. The molecule has 1 rings (SSSR count). The molecule has 1 aliphatic rings. The summed E-state index contributed by atoms with van der Waals surface area (Å²) in [5, 5.41) is 0. The summed E-state index contributed by atoms with van der Waals surface area (Å²) < 4.78 is 26.0. The van der Waals surface area contributed by atoms with Crippen molar-refractivity contribution in [3.05, 3.63) is 0 Å². The van der Waals surface area contributed by atoms with Gasteiger partial charge in [0.25, 0.3) is 0 Å². The van der Waals surface area contributed by atoms with E-state index in [9.17, 15) is 8.76 Å². The van der Waals surface area contributed by atoms with E-state index in [1.165, 1.54) is 0 Å². The van der Waals surface area contributed by atoms with Gasteiger partial charge in [-0.05, 0) is 30.3 Å². The molecule has 0 aromatic rings. The smallest absolute Gasteiger partial charge is 0.110 e. The zero-order valence-corrected chi connectivity index (χ0v) is 8.01. The molecule has 0 amide bonds. The molecule has 1 fully saturated rings. The Kier molecular flexibility index (Phi) is 4.14. The summed E-state index contributed by atoms with van der Waals surface area (Å²) in [5.41, 5.74) is 0. The van der Waals surface area contributed by atoms with Gasteiger partial charge in [-0.25, -0.2) is 0 Å². The molecule has 0 spiro atoms. The largest absolute Gasteiger partial charge is 0.771 e. The fourth-order valence-corrected chi connectivity index (χ4v) is 2.08. The second-order valence-corrected chi connectivity index (χ2v) is 3.80. The van der Waals surface area contributed by atoms with Crippen molar-refractivity contribution in [2.45, 2.75) is 25.5 Å². The maximum Gasteiger partial charge on any atom is 0.110 e. The Balaban J connectivity index is 2.41. The van der Waals surface area contributed by atoms with Crippen LogP contribution in [-0.4, -0.2) is 39.4 Å². The van der Waals surface area contributed by atoms with Crippen molar-refractivity contribution in [1.29, 1.82) is 0 Å². The van der Waals surface area contributed by atoms with Gasteiger partial charge in [0.15, 0.2) is 0 Å². The number of rotatable bonds is 3. The molecule has 1 aliphatic heterocycles. The van der Waals surface area contributed by atoms with Crippen LogP contribution in [0.15, 0.2) is 0 Å². The van der Waals surface area contributed by atoms with Gasteiger partial charge < -0.3 is 9.29 Å². The highest BCUT2D eigenvalue weighted by Gasteiger charge is 2.21. The van der Waals surface area contributed by atoms with Gasteiger partial charge in [-0.15, -0.1) is 0 Å². The van der Waals surface area contributed by atoms with E-state index in [0.717, 1.165) is 25.8 Å². The molecule has 0 radical (unpaired) electrons. The average molecular weight is 192 g/mol. The van der Waals surface area contributed by atoms with Crippen LogP contribution in [0.1, 0.15) is 19.3 Å². The van der Waals surface area contributed by atoms with Gasteiger partial charge in [-0.3, -0.25) is 9.11 Å². The molecule has 0 saturated carbocycles. The Morgan fingerprint density at radius 2 is 2.42 bits per heavy atom. The number of likely N-dealkylation sites (tertiary alicyclic amines) is 1. The van der Waals surface area contributed by atoms with Gasteiger partial charge in [0.1, 0.15) is 6.23 Å². The second kappa shape index (κ2) is 4.91. The molecule has 1 heterocycles. The highest BCUT2D eigenvalue weighted by Crippen LogP contribution is 2.16. The van der Waals surface area contributed by atoms with Crippen molar-refractivity contribution in [2.24, 2.45) is 0 Å². The monoisotopic (exact) mass is 192 g/mol. The summed E-state index contributed by atoms with van der Waals surface area (Å²) in [6.07, 6.45) is 3.13. The highest BCUT2D eigenvalue weighted by molar-refractivity contribution is 7.79. The zero-order valence-electron chi connectivity index (χ0n) is 7.19. The first-order chi connectivity index (χ1) is 5.74. The summed E-state index contributed by atoms with van der Waals surface area (Å²) >= 11 is -1.99. The topological polar surface area (TPSA) is 52.6 Å². The van der Waals surface area contributed by atoms with Crippen LogP contribution in [0.4, 0.5) is 0 Å². The number of ether oxygens (including phenoxy) is 1. The van der Waals surface area contributed by atoms with E-state index in [-0.39, 0.29) is 12.1 Å². The fraction of sp³-hybridized carbons (Fsp3) is 1.00. The molecule has 0 bridgehead atoms. The van der Waals surface area contributed by atoms with E-state index in [1.807, 2.05) is 4.90 Å². The Labute approximate surface area is 75.2 Å². The third-order valence-corrected chi connectivity index (χ3v) is 2.64. The zero-order chi connectivity index (χ0) is 8.97. The van der Waals surface area contributed by atoms with E-state index in [4.69, 9.17) is 4.74 Å². The lowest BCUT2D eigenvalue weighted by molar-refractivity contribution is -0.0455. The molecule has 2 unspecified atom stereocenters. The van der Waals surface area contributed by atoms with Crippen LogP contribution in [0.25, 0.3) is 0 Å². The third kappa shape index (κ3) is 2.82. The van der Waals surface area contributed by atoms with Crippen LogP contribution in [0.2, 0.25) is 0 Å². The van der Waals surface area contributed by atoms with Crippen molar-refractivity contribution in [1.82, 2.24) is 4.90 Å². The molecule has 1 saturated heterocycles. The average Bonchev–Trinajstić information content (AvgIpc) is 2.04. The quantitative estimate of drug-likeness (QED) is 0.603. The minimum atomic E-state index is -1.99. The van der Waals surface area contributed by atoms with Crippen LogP contribution in [-0.2, 0) is 15.8 Å². The first-order valence-corrected chi connectivity index (χ1v) is 5.31. The molecule has 0 N–H and O–H groups in total. The molecule has 0 aromatic carbocycles. The molecule has 4 nitrogen and oxygen atoms in total. The van der Waals surface area contributed by atoms with E-state index in [1.54, 1.807) is 7.11 Å². The number of piperidine rings is 1. The minimum Gasteiger partial charge on any atom is -0.771 e. The van der Waals surface area contributed by atoms with Gasteiger partial charge in [0.05, 0.1) is 5.88 Å². The Morgan fingerprint density at radius 3 is 3.00 bits per heavy atom. The molecule has 0 aromatic heterocycles. The van der Waals surface area contributed by atoms with Gasteiger partial charge in [0.2, 0.25) is 0 Å². The third-order valence-electron chi connectivity index (χ3n) is 2.10. The van der Waals surface area contributed by atoms with Gasteiger partial charge in [-0.1, -0.05) is 0 Å². The molecule has 72 valence electrons. The summed E-state index contributed by atoms with van der Waals surface area (Å²) in [5.74, 6) is 0.0957. The molecule has 0 aliphatic carbocycles. The first kappa shape index (κ1) is 10.1. The Bertz CT molecular complexity index is 165. The van der Waals surface area contributed by atoms with Crippen LogP contribution in [0, 0.1) is 0 Å². The number of methoxy groups -OCH3 is 1. The lowest BCUT2D eigenvalue weighted by atomic mass is 10.1. The van der Waals surface area contributed by atoms with E-state index >= 15 is 0 Å². The SMILES string of the molecule is COC1CCCCN1CS(=O)[O-]. The van der Waals surface area contributed by atoms with Crippen molar-refractivity contribution in [3.63, 3.8) is 0 Å². The van der Waals surface area contributed by atoms with Crippen LogP contribution >= 0.6 is 0 Å². The van der Waals surface area contributed by atoms with Crippen molar-refractivity contribution in [3.8, 4) is 0 Å². The summed E-state index contributed by atoms with van der Waals surface area (Å²) in [4.78, 5) is 1.85. The number of hydrogen-bond donors (Lipinski definition) is 0. The van der Waals surface area contributed by atoms with Gasteiger partial charge in [-0.2, -0.15) is 0 Å². The van der Waals surface area contributed by atoms with Gasteiger partial charge >= 0.3 is 0 Å². The lowest BCUT2D eigenvalue weighted by Crippen LogP contribution is -2.42. The number of nitrogens with zero attached hydrogens (tertiary/aromatic N) is 1. The first-order valence-electron chi connectivity index (χ1n) is 4.06. The van der Waals surface area contributed by atoms with E-state index < -0.39 is 11.1 Å². The van der Waals surface area contributed by atoms with Gasteiger partial charge in [0, 0.05) is 13.7 Å². The van der Waals surface area contributed by atoms with Crippen LogP contribution < -0.4 is 0 Å². The lowest BCUT2D eigenvalue weighted by Gasteiger charge is -2.34.